The Morgan fingerprint density at radius 3 is 2.34 bits per heavy atom. The van der Waals surface area contributed by atoms with Crippen molar-refractivity contribution >= 4 is 10.9 Å². The number of rotatable bonds is 8. The quantitative estimate of drug-likeness (QED) is 0.368. The van der Waals surface area contributed by atoms with Crippen LogP contribution in [0.4, 0.5) is 4.39 Å². The Labute approximate surface area is 202 Å². The van der Waals surface area contributed by atoms with Crippen molar-refractivity contribution in [2.45, 2.75) is 19.9 Å². The summed E-state index contributed by atoms with van der Waals surface area (Å²) in [5.41, 5.74) is 2.66. The van der Waals surface area contributed by atoms with Crippen LogP contribution in [-0.4, -0.2) is 17.8 Å². The molecule has 7 heteroatoms. The molecule has 174 valence electrons. The second kappa shape index (κ2) is 10.5. The third-order valence-corrected chi connectivity index (χ3v) is 5.78. The highest BCUT2D eigenvalue weighted by atomic mass is 19.1. The summed E-state index contributed by atoms with van der Waals surface area (Å²) in [4.78, 5) is 13.8. The Morgan fingerprint density at radius 1 is 0.943 bits per heavy atom. The van der Waals surface area contributed by atoms with E-state index in [4.69, 9.17) is 20.0 Å². The van der Waals surface area contributed by atoms with Crippen molar-refractivity contribution in [2.75, 3.05) is 13.2 Å². The van der Waals surface area contributed by atoms with Gasteiger partial charge in [-0.1, -0.05) is 48.5 Å². The molecule has 1 aromatic heterocycles. The highest BCUT2D eigenvalue weighted by Gasteiger charge is 2.20. The fourth-order valence-electron chi connectivity index (χ4n) is 4.14. The van der Waals surface area contributed by atoms with Crippen molar-refractivity contribution in [1.29, 1.82) is 10.5 Å². The van der Waals surface area contributed by atoms with E-state index in [9.17, 15) is 9.18 Å². The monoisotopic (exact) mass is 467 g/mol. The number of ether oxygens (including phenoxy) is 2. The molecule has 0 aliphatic rings. The Balaban J connectivity index is 2.01. The van der Waals surface area contributed by atoms with E-state index >= 15 is 0 Å². The van der Waals surface area contributed by atoms with Crippen LogP contribution in [0.5, 0.6) is 11.5 Å². The third-order valence-electron chi connectivity index (χ3n) is 5.78. The summed E-state index contributed by atoms with van der Waals surface area (Å²) in [7, 11) is 0. The topological polar surface area (TPSA) is 88.0 Å². The predicted molar refractivity (Wildman–Crippen MR) is 130 cm³/mol. The second-order valence-corrected chi connectivity index (χ2v) is 7.96. The first kappa shape index (κ1) is 23.5. The number of hydrogen-bond acceptors (Lipinski definition) is 5. The van der Waals surface area contributed by atoms with Gasteiger partial charge < -0.3 is 14.0 Å². The standard InChI is InChI=1S/C28H22FN3O3/c1-19-23(15-21-9-5-6-10-24(21)29)28(33)32(18-20-7-3-2-4-8-20)25-16-22(34-13-11-30)17-26(27(19)25)35-14-12-31/h2-10,16-17H,13-15,18H2,1H3. The molecule has 0 fully saturated rings. The zero-order chi connectivity index (χ0) is 24.8. The molecule has 0 atom stereocenters. The van der Waals surface area contributed by atoms with Gasteiger partial charge in [-0.3, -0.25) is 4.79 Å². The van der Waals surface area contributed by atoms with E-state index in [1.165, 1.54) is 6.07 Å². The van der Waals surface area contributed by atoms with Crippen molar-refractivity contribution < 1.29 is 13.9 Å². The fraction of sp³-hybridized carbons (Fsp3) is 0.179. The first-order valence-corrected chi connectivity index (χ1v) is 11.0. The van der Waals surface area contributed by atoms with Crippen molar-refractivity contribution in [2.24, 2.45) is 0 Å². The number of pyridine rings is 1. The van der Waals surface area contributed by atoms with Gasteiger partial charge in [0.15, 0.2) is 13.2 Å². The van der Waals surface area contributed by atoms with E-state index in [1.54, 1.807) is 41.8 Å². The maximum atomic E-state index is 14.5. The lowest BCUT2D eigenvalue weighted by atomic mass is 9.97. The largest absolute Gasteiger partial charge is 0.479 e. The lowest BCUT2D eigenvalue weighted by Crippen LogP contribution is -2.27. The lowest BCUT2D eigenvalue weighted by molar-refractivity contribution is 0.352. The molecule has 4 aromatic rings. The normalized spacial score (nSPS) is 10.5. The van der Waals surface area contributed by atoms with Crippen LogP contribution in [0, 0.1) is 35.4 Å². The van der Waals surface area contributed by atoms with Crippen LogP contribution in [0.2, 0.25) is 0 Å². The number of aryl methyl sites for hydroxylation is 1. The van der Waals surface area contributed by atoms with E-state index in [-0.39, 0.29) is 37.6 Å². The van der Waals surface area contributed by atoms with Crippen LogP contribution < -0.4 is 15.0 Å². The molecule has 35 heavy (non-hydrogen) atoms. The summed E-state index contributed by atoms with van der Waals surface area (Å²) in [6.45, 7) is 1.66. The highest BCUT2D eigenvalue weighted by Crippen LogP contribution is 2.35. The highest BCUT2D eigenvalue weighted by molar-refractivity contribution is 5.91. The van der Waals surface area contributed by atoms with E-state index in [2.05, 4.69) is 0 Å². The van der Waals surface area contributed by atoms with Gasteiger partial charge >= 0.3 is 0 Å². The van der Waals surface area contributed by atoms with Gasteiger partial charge in [0, 0.05) is 29.5 Å². The summed E-state index contributed by atoms with van der Waals surface area (Å²) in [5.74, 6) is 0.308. The molecule has 0 aliphatic carbocycles. The second-order valence-electron chi connectivity index (χ2n) is 7.96. The van der Waals surface area contributed by atoms with Gasteiger partial charge in [-0.15, -0.1) is 0 Å². The fourth-order valence-corrected chi connectivity index (χ4v) is 4.14. The first-order chi connectivity index (χ1) is 17.0. The van der Waals surface area contributed by atoms with E-state index < -0.39 is 0 Å². The zero-order valence-electron chi connectivity index (χ0n) is 19.1. The predicted octanol–water partition coefficient (Wildman–Crippen LogP) is 4.89. The molecular weight excluding hydrogens is 445 g/mol. The number of benzene rings is 3. The van der Waals surface area contributed by atoms with Gasteiger partial charge in [0.2, 0.25) is 0 Å². The lowest BCUT2D eigenvalue weighted by Gasteiger charge is -2.20. The molecule has 0 unspecified atom stereocenters. The van der Waals surface area contributed by atoms with Crippen molar-refractivity contribution in [3.63, 3.8) is 0 Å². The van der Waals surface area contributed by atoms with Crippen LogP contribution in [-0.2, 0) is 13.0 Å². The average molecular weight is 468 g/mol. The molecule has 0 aliphatic heterocycles. The molecule has 6 nitrogen and oxygen atoms in total. The van der Waals surface area contributed by atoms with Crippen LogP contribution in [0.3, 0.4) is 0 Å². The van der Waals surface area contributed by atoms with Crippen LogP contribution >= 0.6 is 0 Å². The summed E-state index contributed by atoms with van der Waals surface area (Å²) >= 11 is 0. The summed E-state index contributed by atoms with van der Waals surface area (Å²) in [5, 5.41) is 18.7. The average Bonchev–Trinajstić information content (AvgIpc) is 2.87. The van der Waals surface area contributed by atoms with E-state index in [0.717, 1.165) is 5.56 Å². The summed E-state index contributed by atoms with van der Waals surface area (Å²) in [6, 6.07) is 23.0. The van der Waals surface area contributed by atoms with Gasteiger partial charge in [0.25, 0.3) is 5.56 Å². The van der Waals surface area contributed by atoms with E-state index in [1.807, 2.05) is 42.5 Å². The maximum Gasteiger partial charge on any atom is 0.255 e. The molecule has 0 spiro atoms. The first-order valence-electron chi connectivity index (χ1n) is 11.0. The molecule has 0 saturated carbocycles. The smallest absolute Gasteiger partial charge is 0.255 e. The summed E-state index contributed by atoms with van der Waals surface area (Å²) in [6.07, 6.45) is 0.104. The number of halogens is 1. The number of nitriles is 2. The number of fused-ring (bicyclic) bond motifs is 1. The van der Waals surface area contributed by atoms with Gasteiger partial charge in [0.05, 0.1) is 12.1 Å². The SMILES string of the molecule is Cc1c(Cc2ccccc2F)c(=O)n(Cc2ccccc2)c2cc(OCC#N)cc(OCC#N)c12. The molecular formula is C28H22FN3O3. The number of nitrogens with zero attached hydrogens (tertiary/aromatic N) is 3. The molecule has 1 heterocycles. The molecule has 4 rings (SSSR count). The van der Waals surface area contributed by atoms with Crippen molar-refractivity contribution in [3.8, 4) is 23.6 Å². The van der Waals surface area contributed by atoms with Gasteiger partial charge in [-0.2, -0.15) is 10.5 Å². The Hall–Kier alpha value is -4.62. The zero-order valence-corrected chi connectivity index (χ0v) is 19.1. The van der Waals surface area contributed by atoms with Crippen LogP contribution in [0.1, 0.15) is 22.3 Å². The Bertz CT molecular complexity index is 1520. The van der Waals surface area contributed by atoms with Crippen LogP contribution in [0.15, 0.2) is 71.5 Å². The van der Waals surface area contributed by atoms with Gasteiger partial charge in [0.1, 0.15) is 29.5 Å². The van der Waals surface area contributed by atoms with Crippen molar-refractivity contribution in [3.05, 3.63) is 105 Å². The van der Waals surface area contributed by atoms with Crippen LogP contribution in [0.25, 0.3) is 10.9 Å². The van der Waals surface area contributed by atoms with Gasteiger partial charge in [-0.25, -0.2) is 4.39 Å². The molecule has 0 N–H and O–H groups in total. The minimum atomic E-state index is -0.387. The minimum Gasteiger partial charge on any atom is -0.479 e. The molecule has 0 radical (unpaired) electrons. The van der Waals surface area contributed by atoms with E-state index in [0.29, 0.717) is 39.1 Å². The number of aromatic nitrogens is 1. The van der Waals surface area contributed by atoms with Crippen molar-refractivity contribution in [1.82, 2.24) is 4.57 Å². The van der Waals surface area contributed by atoms with Gasteiger partial charge in [-0.05, 0) is 29.7 Å². The minimum absolute atomic E-state index is 0.104. The Morgan fingerprint density at radius 2 is 1.63 bits per heavy atom. The maximum absolute atomic E-state index is 14.5. The Kier molecular flexibility index (Phi) is 7.09. The summed E-state index contributed by atoms with van der Waals surface area (Å²) < 4.78 is 27.4. The number of hydrogen-bond donors (Lipinski definition) is 0. The molecule has 0 bridgehead atoms. The molecule has 0 amide bonds. The third kappa shape index (κ3) is 5.00. The molecule has 0 saturated heterocycles. The molecule has 3 aromatic carbocycles.